The maximum atomic E-state index is 13.2. The van der Waals surface area contributed by atoms with Crippen molar-refractivity contribution in [2.75, 3.05) is 0 Å². The fraction of sp³-hybridized carbons (Fsp3) is 0.130. The molecule has 0 amide bonds. The zero-order valence-electron chi connectivity index (χ0n) is 15.5. The molecule has 3 aromatic rings. The zero-order valence-corrected chi connectivity index (χ0v) is 15.5. The molecule has 1 heterocycles. The van der Waals surface area contributed by atoms with E-state index < -0.39 is 0 Å². The van der Waals surface area contributed by atoms with Gasteiger partial charge < -0.3 is 4.57 Å². The third-order valence-corrected chi connectivity index (χ3v) is 4.37. The summed E-state index contributed by atoms with van der Waals surface area (Å²) in [6, 6.07) is 19.1. The summed E-state index contributed by atoms with van der Waals surface area (Å²) >= 11 is 0. The van der Waals surface area contributed by atoms with Crippen molar-refractivity contribution >= 4 is 12.2 Å². The number of aromatic nitrogens is 2. The van der Waals surface area contributed by atoms with Crippen LogP contribution in [0.4, 0.5) is 0 Å². The Hall–Kier alpha value is -3.40. The predicted octanol–water partition coefficient (Wildman–Crippen LogP) is 1.78. The highest BCUT2D eigenvalue weighted by atomic mass is 16.1. The first-order chi connectivity index (χ1) is 13.1. The molecule has 0 aliphatic rings. The van der Waals surface area contributed by atoms with E-state index in [1.54, 1.807) is 19.2 Å². The molecule has 4 nitrogen and oxygen atoms in total. The van der Waals surface area contributed by atoms with Gasteiger partial charge in [0.05, 0.1) is 0 Å². The average Bonchev–Trinajstić information content (AvgIpc) is 2.70. The Bertz CT molecular complexity index is 1190. The molecular weight excluding hydrogens is 336 g/mol. The van der Waals surface area contributed by atoms with Gasteiger partial charge in [0.2, 0.25) is 0 Å². The van der Waals surface area contributed by atoms with Crippen molar-refractivity contribution in [1.29, 1.82) is 0 Å². The molecule has 1 aromatic heterocycles. The van der Waals surface area contributed by atoms with Gasteiger partial charge >= 0.3 is 0 Å². The molecular formula is C23H22N2O2. The van der Waals surface area contributed by atoms with E-state index in [-0.39, 0.29) is 11.1 Å². The van der Waals surface area contributed by atoms with Gasteiger partial charge in [0.25, 0.3) is 11.1 Å². The van der Waals surface area contributed by atoms with E-state index >= 15 is 0 Å². The highest BCUT2D eigenvalue weighted by Gasteiger charge is 2.07. The van der Waals surface area contributed by atoms with Crippen LogP contribution in [0.5, 0.6) is 0 Å². The lowest BCUT2D eigenvalue weighted by Crippen LogP contribution is -2.57. The summed E-state index contributed by atoms with van der Waals surface area (Å²) in [6.07, 6.45) is 7.26. The van der Waals surface area contributed by atoms with Gasteiger partial charge in [-0.15, -0.1) is 0 Å². The number of hydrogen-bond donors (Lipinski definition) is 0. The molecule has 4 heteroatoms. The number of rotatable bonds is 4. The Morgan fingerprint density at radius 2 is 1.30 bits per heavy atom. The van der Waals surface area contributed by atoms with Crippen LogP contribution in [0.2, 0.25) is 0 Å². The van der Waals surface area contributed by atoms with Gasteiger partial charge in [-0.2, -0.15) is 0 Å². The van der Waals surface area contributed by atoms with E-state index in [4.69, 9.17) is 0 Å². The third-order valence-electron chi connectivity index (χ3n) is 4.37. The summed E-state index contributed by atoms with van der Waals surface area (Å²) in [4.78, 5) is 26.2. The van der Waals surface area contributed by atoms with Crippen molar-refractivity contribution < 1.29 is 0 Å². The van der Waals surface area contributed by atoms with Gasteiger partial charge in [0.1, 0.15) is 10.7 Å². The van der Waals surface area contributed by atoms with E-state index in [0.717, 1.165) is 11.1 Å². The minimum absolute atomic E-state index is 0.193. The van der Waals surface area contributed by atoms with Gasteiger partial charge in [-0.1, -0.05) is 72.8 Å². The minimum Gasteiger partial charge on any atom is -0.305 e. The van der Waals surface area contributed by atoms with Gasteiger partial charge in [-0.25, -0.2) is 0 Å². The highest BCUT2D eigenvalue weighted by Crippen LogP contribution is 1.98. The molecule has 0 aliphatic carbocycles. The van der Waals surface area contributed by atoms with E-state index in [1.807, 2.05) is 79.7 Å². The smallest absolute Gasteiger partial charge is 0.275 e. The number of hydrogen-bond acceptors (Lipinski definition) is 2. The number of benzene rings is 2. The molecule has 0 saturated carbocycles. The lowest BCUT2D eigenvalue weighted by Gasteiger charge is -2.08. The first-order valence-corrected chi connectivity index (χ1v) is 8.86. The van der Waals surface area contributed by atoms with Crippen molar-refractivity contribution in [2.24, 2.45) is 7.05 Å². The second-order valence-corrected chi connectivity index (χ2v) is 6.23. The lowest BCUT2D eigenvalue weighted by atomic mass is 10.2. The predicted molar refractivity (Wildman–Crippen MR) is 110 cm³/mol. The van der Waals surface area contributed by atoms with Crippen LogP contribution >= 0.6 is 0 Å². The summed E-state index contributed by atoms with van der Waals surface area (Å²) in [7, 11) is 1.64. The Labute approximate surface area is 157 Å². The maximum Gasteiger partial charge on any atom is 0.275 e. The van der Waals surface area contributed by atoms with Gasteiger partial charge in [0.15, 0.2) is 0 Å². The van der Waals surface area contributed by atoms with Crippen molar-refractivity contribution in [3.63, 3.8) is 0 Å². The molecule has 3 rings (SSSR count). The lowest BCUT2D eigenvalue weighted by molar-refractivity contribution is 0.663. The number of nitrogens with zero attached hydrogens (tertiary/aromatic N) is 2. The highest BCUT2D eigenvalue weighted by molar-refractivity contribution is 5.49. The van der Waals surface area contributed by atoms with Crippen LogP contribution in [0.25, 0.3) is 12.2 Å². The minimum atomic E-state index is -0.204. The van der Waals surface area contributed by atoms with E-state index in [0.29, 0.717) is 17.2 Å². The molecule has 27 heavy (non-hydrogen) atoms. The van der Waals surface area contributed by atoms with E-state index in [2.05, 4.69) is 0 Å². The third kappa shape index (κ3) is 4.06. The van der Waals surface area contributed by atoms with Crippen LogP contribution in [0, 0.1) is 0 Å². The van der Waals surface area contributed by atoms with Gasteiger partial charge in [-0.05, 0) is 30.2 Å². The quantitative estimate of drug-likeness (QED) is 0.668. The summed E-state index contributed by atoms with van der Waals surface area (Å²) in [5.41, 5.74) is 1.36. The largest absolute Gasteiger partial charge is 0.305 e. The SMILES string of the molecule is C/C=C/Cn1c(=O)/c(=C/c2ccccc2)n(C)c(=O)/c1=C/c1ccccc1. The van der Waals surface area contributed by atoms with E-state index in [9.17, 15) is 9.59 Å². The van der Waals surface area contributed by atoms with Crippen LogP contribution in [0.3, 0.4) is 0 Å². The second kappa shape index (κ2) is 8.32. The fourth-order valence-corrected chi connectivity index (χ4v) is 2.89. The summed E-state index contributed by atoms with van der Waals surface area (Å²) in [6.45, 7) is 2.24. The first-order valence-electron chi connectivity index (χ1n) is 8.86. The average molecular weight is 358 g/mol. The van der Waals surface area contributed by atoms with Gasteiger partial charge in [-0.3, -0.25) is 14.2 Å². The standard InChI is InChI=1S/C23H22N2O2/c1-3-4-15-25-21(17-19-13-9-6-10-14-19)22(26)24(2)20(23(25)27)16-18-11-7-5-8-12-18/h3-14,16-17H,15H2,1-2H3/b4-3+,20-16-,21-17-. The van der Waals surface area contributed by atoms with Crippen LogP contribution in [-0.4, -0.2) is 9.13 Å². The molecule has 0 bridgehead atoms. The monoisotopic (exact) mass is 358 g/mol. The Kier molecular flexibility index (Phi) is 5.67. The Balaban J connectivity index is 2.37. The maximum absolute atomic E-state index is 13.2. The van der Waals surface area contributed by atoms with Gasteiger partial charge in [0, 0.05) is 13.6 Å². The second-order valence-electron chi connectivity index (χ2n) is 6.23. The Morgan fingerprint density at radius 3 is 1.81 bits per heavy atom. The molecule has 0 fully saturated rings. The van der Waals surface area contributed by atoms with Crippen LogP contribution in [0.1, 0.15) is 18.1 Å². The molecule has 0 spiro atoms. The van der Waals surface area contributed by atoms with Crippen LogP contribution in [0.15, 0.2) is 82.4 Å². The van der Waals surface area contributed by atoms with Crippen LogP contribution < -0.4 is 21.8 Å². The molecule has 0 radical (unpaired) electrons. The molecule has 136 valence electrons. The fourth-order valence-electron chi connectivity index (χ4n) is 2.89. The first kappa shape index (κ1) is 18.4. The molecule has 0 unspecified atom stereocenters. The molecule has 0 N–H and O–H groups in total. The van der Waals surface area contributed by atoms with Crippen LogP contribution in [-0.2, 0) is 13.6 Å². The summed E-state index contributed by atoms with van der Waals surface area (Å²) < 4.78 is 2.96. The molecule has 0 saturated heterocycles. The summed E-state index contributed by atoms with van der Waals surface area (Å²) in [5, 5.41) is 0.734. The molecule has 2 aromatic carbocycles. The summed E-state index contributed by atoms with van der Waals surface area (Å²) in [5.74, 6) is 0. The van der Waals surface area contributed by atoms with Crippen molar-refractivity contribution in [2.45, 2.75) is 13.5 Å². The number of allylic oxidation sites excluding steroid dienone is 2. The van der Waals surface area contributed by atoms with Crippen molar-refractivity contribution in [1.82, 2.24) is 9.13 Å². The Morgan fingerprint density at radius 1 is 0.778 bits per heavy atom. The zero-order chi connectivity index (χ0) is 19.2. The molecule has 0 atom stereocenters. The van der Waals surface area contributed by atoms with E-state index in [1.165, 1.54) is 9.13 Å². The van der Waals surface area contributed by atoms with Crippen molar-refractivity contribution in [3.05, 3.63) is 115 Å². The normalized spacial score (nSPS) is 12.8. The van der Waals surface area contributed by atoms with Crippen molar-refractivity contribution in [3.8, 4) is 0 Å². The molecule has 0 aliphatic heterocycles. The topological polar surface area (TPSA) is 44.0 Å².